The number of ether oxygens (including phenoxy) is 2. The van der Waals surface area contributed by atoms with Crippen molar-refractivity contribution >= 4 is 11.9 Å². The Morgan fingerprint density at radius 3 is 2.12 bits per heavy atom. The van der Waals surface area contributed by atoms with Gasteiger partial charge in [-0.1, -0.05) is 13.0 Å². The van der Waals surface area contributed by atoms with E-state index >= 15 is 0 Å². The van der Waals surface area contributed by atoms with Crippen molar-refractivity contribution in [1.29, 1.82) is 0 Å². The molecule has 0 N–H and O–H groups in total. The molecule has 1 atom stereocenters. The maximum absolute atomic E-state index is 11.4. The SMILES string of the molecule is C=CCCCC(C)C(C(=O)OC)C(=O)OC. The van der Waals surface area contributed by atoms with Gasteiger partial charge in [-0.15, -0.1) is 6.58 Å². The van der Waals surface area contributed by atoms with Crippen molar-refractivity contribution < 1.29 is 19.1 Å². The molecule has 0 aromatic carbocycles. The van der Waals surface area contributed by atoms with Gasteiger partial charge < -0.3 is 9.47 Å². The Balaban J connectivity index is 4.43. The Hall–Kier alpha value is -1.32. The molecule has 0 saturated carbocycles. The van der Waals surface area contributed by atoms with Gasteiger partial charge in [-0.3, -0.25) is 9.59 Å². The lowest BCUT2D eigenvalue weighted by molar-refractivity contribution is -0.161. The fourth-order valence-corrected chi connectivity index (χ4v) is 1.57. The number of unbranched alkanes of at least 4 members (excludes halogenated alkanes) is 1. The van der Waals surface area contributed by atoms with Crippen LogP contribution in [0, 0.1) is 11.8 Å². The lowest BCUT2D eigenvalue weighted by Crippen LogP contribution is -2.32. The van der Waals surface area contributed by atoms with Crippen LogP contribution >= 0.6 is 0 Å². The Morgan fingerprint density at radius 1 is 1.25 bits per heavy atom. The lowest BCUT2D eigenvalue weighted by atomic mass is 9.89. The summed E-state index contributed by atoms with van der Waals surface area (Å²) < 4.78 is 9.21. The first-order valence-corrected chi connectivity index (χ1v) is 5.35. The summed E-state index contributed by atoms with van der Waals surface area (Å²) in [5.41, 5.74) is 0. The first kappa shape index (κ1) is 14.7. The Labute approximate surface area is 96.6 Å². The van der Waals surface area contributed by atoms with E-state index < -0.39 is 17.9 Å². The molecule has 0 bridgehead atoms. The van der Waals surface area contributed by atoms with Crippen molar-refractivity contribution in [2.24, 2.45) is 11.8 Å². The number of carbonyl (C=O) groups excluding carboxylic acids is 2. The molecule has 0 aromatic rings. The molecule has 0 heterocycles. The van der Waals surface area contributed by atoms with Crippen LogP contribution in [0.5, 0.6) is 0 Å². The zero-order chi connectivity index (χ0) is 12.6. The van der Waals surface area contributed by atoms with Crippen LogP contribution < -0.4 is 0 Å². The number of allylic oxidation sites excluding steroid dienone is 1. The zero-order valence-electron chi connectivity index (χ0n) is 10.2. The van der Waals surface area contributed by atoms with Gasteiger partial charge in [0.15, 0.2) is 5.92 Å². The molecule has 0 amide bonds. The Bertz CT molecular complexity index is 231. The minimum absolute atomic E-state index is 0.0835. The molecule has 0 aromatic heterocycles. The van der Waals surface area contributed by atoms with Crippen LogP contribution in [0.2, 0.25) is 0 Å². The second kappa shape index (κ2) is 7.91. The second-order valence-electron chi connectivity index (χ2n) is 3.72. The van der Waals surface area contributed by atoms with E-state index in [4.69, 9.17) is 0 Å². The molecule has 0 radical (unpaired) electrons. The van der Waals surface area contributed by atoms with E-state index in [9.17, 15) is 9.59 Å². The maximum Gasteiger partial charge on any atom is 0.320 e. The van der Waals surface area contributed by atoms with E-state index in [-0.39, 0.29) is 5.92 Å². The average molecular weight is 228 g/mol. The molecule has 16 heavy (non-hydrogen) atoms. The Kier molecular flexibility index (Phi) is 7.25. The molecular weight excluding hydrogens is 208 g/mol. The minimum Gasteiger partial charge on any atom is -0.468 e. The molecule has 0 aliphatic carbocycles. The van der Waals surface area contributed by atoms with E-state index in [1.807, 2.05) is 13.0 Å². The van der Waals surface area contributed by atoms with Gasteiger partial charge in [-0.25, -0.2) is 0 Å². The number of carbonyl (C=O) groups is 2. The van der Waals surface area contributed by atoms with Gasteiger partial charge in [-0.05, 0) is 25.2 Å². The van der Waals surface area contributed by atoms with E-state index in [0.717, 1.165) is 19.3 Å². The molecule has 92 valence electrons. The van der Waals surface area contributed by atoms with Gasteiger partial charge in [0.2, 0.25) is 0 Å². The summed E-state index contributed by atoms with van der Waals surface area (Å²) in [7, 11) is 2.55. The van der Waals surface area contributed by atoms with Crippen LogP contribution in [0.4, 0.5) is 0 Å². The predicted octanol–water partition coefficient (Wildman–Crippen LogP) is 1.94. The first-order valence-electron chi connectivity index (χ1n) is 5.35. The summed E-state index contributed by atoms with van der Waals surface area (Å²) in [6.07, 6.45) is 4.35. The zero-order valence-corrected chi connectivity index (χ0v) is 10.2. The van der Waals surface area contributed by atoms with Crippen molar-refractivity contribution in [3.8, 4) is 0 Å². The second-order valence-corrected chi connectivity index (χ2v) is 3.72. The van der Waals surface area contributed by atoms with Crippen LogP contribution in [0.15, 0.2) is 12.7 Å². The highest BCUT2D eigenvalue weighted by atomic mass is 16.5. The smallest absolute Gasteiger partial charge is 0.320 e. The first-order chi connectivity index (χ1) is 7.58. The molecular formula is C12H20O4. The molecule has 4 nitrogen and oxygen atoms in total. The predicted molar refractivity (Wildman–Crippen MR) is 60.7 cm³/mol. The van der Waals surface area contributed by atoms with Crippen molar-refractivity contribution in [2.75, 3.05) is 14.2 Å². The molecule has 1 unspecified atom stereocenters. The number of methoxy groups -OCH3 is 2. The third-order valence-electron chi connectivity index (χ3n) is 2.55. The summed E-state index contributed by atoms with van der Waals surface area (Å²) in [5.74, 6) is -1.96. The summed E-state index contributed by atoms with van der Waals surface area (Å²) in [5, 5.41) is 0. The number of esters is 2. The van der Waals surface area contributed by atoms with Gasteiger partial charge in [0.1, 0.15) is 0 Å². The van der Waals surface area contributed by atoms with Crippen LogP contribution in [0.25, 0.3) is 0 Å². The van der Waals surface area contributed by atoms with E-state index in [1.54, 1.807) is 0 Å². The number of rotatable bonds is 7. The molecule has 0 aliphatic rings. The van der Waals surface area contributed by atoms with Crippen molar-refractivity contribution in [3.05, 3.63) is 12.7 Å². The van der Waals surface area contributed by atoms with Crippen LogP contribution in [0.3, 0.4) is 0 Å². The van der Waals surface area contributed by atoms with Gasteiger partial charge in [0.05, 0.1) is 14.2 Å². The highest BCUT2D eigenvalue weighted by Crippen LogP contribution is 2.21. The van der Waals surface area contributed by atoms with Crippen molar-refractivity contribution in [3.63, 3.8) is 0 Å². The van der Waals surface area contributed by atoms with Gasteiger partial charge >= 0.3 is 11.9 Å². The third-order valence-corrected chi connectivity index (χ3v) is 2.55. The quantitative estimate of drug-likeness (QED) is 0.289. The van der Waals surface area contributed by atoms with E-state index in [2.05, 4.69) is 16.1 Å². The molecule has 0 aliphatic heterocycles. The number of hydrogen-bond acceptors (Lipinski definition) is 4. The Morgan fingerprint density at radius 2 is 1.75 bits per heavy atom. The summed E-state index contributed by atoms with van der Waals surface area (Å²) in [4.78, 5) is 22.9. The average Bonchev–Trinajstić information content (AvgIpc) is 2.29. The highest BCUT2D eigenvalue weighted by molar-refractivity contribution is 5.95. The molecule has 0 spiro atoms. The maximum atomic E-state index is 11.4. The summed E-state index contributed by atoms with van der Waals surface area (Å²) in [6, 6.07) is 0. The summed E-state index contributed by atoms with van der Waals surface area (Å²) >= 11 is 0. The fraction of sp³-hybridized carbons (Fsp3) is 0.667. The topological polar surface area (TPSA) is 52.6 Å². The van der Waals surface area contributed by atoms with E-state index in [1.165, 1.54) is 14.2 Å². The van der Waals surface area contributed by atoms with Crippen LogP contribution in [0.1, 0.15) is 26.2 Å². The molecule has 0 rings (SSSR count). The van der Waals surface area contributed by atoms with E-state index in [0.29, 0.717) is 0 Å². The van der Waals surface area contributed by atoms with Crippen molar-refractivity contribution in [1.82, 2.24) is 0 Å². The number of hydrogen-bond donors (Lipinski definition) is 0. The van der Waals surface area contributed by atoms with Crippen molar-refractivity contribution in [2.45, 2.75) is 26.2 Å². The van der Waals surface area contributed by atoms with Crippen LogP contribution in [-0.2, 0) is 19.1 Å². The minimum atomic E-state index is -0.820. The van der Waals surface area contributed by atoms with Gasteiger partial charge in [0.25, 0.3) is 0 Å². The monoisotopic (exact) mass is 228 g/mol. The molecule has 0 fully saturated rings. The largest absolute Gasteiger partial charge is 0.468 e. The lowest BCUT2D eigenvalue weighted by Gasteiger charge is -2.19. The molecule has 4 heteroatoms. The van der Waals surface area contributed by atoms with Gasteiger partial charge in [-0.2, -0.15) is 0 Å². The fourth-order valence-electron chi connectivity index (χ4n) is 1.57. The summed E-state index contributed by atoms with van der Waals surface area (Å²) in [6.45, 7) is 5.47. The third kappa shape index (κ3) is 4.47. The highest BCUT2D eigenvalue weighted by Gasteiger charge is 2.33. The van der Waals surface area contributed by atoms with Gasteiger partial charge in [0, 0.05) is 0 Å². The molecule has 0 saturated heterocycles. The van der Waals surface area contributed by atoms with Crippen LogP contribution in [-0.4, -0.2) is 26.2 Å². The standard InChI is InChI=1S/C12H20O4/c1-5-6-7-8-9(2)10(11(13)15-3)12(14)16-4/h5,9-10H,1,6-8H2,2-4H3. The normalized spacial score (nSPS) is 12.0.